The van der Waals surface area contributed by atoms with Crippen LogP contribution in [0.25, 0.3) is 0 Å². The molecule has 1 aliphatic rings. The molecule has 0 saturated heterocycles. The van der Waals surface area contributed by atoms with Gasteiger partial charge in [0.05, 0.1) is 12.4 Å². The van der Waals surface area contributed by atoms with E-state index in [1.54, 1.807) is 6.20 Å². The smallest absolute Gasteiger partial charge is 0.275 e. The zero-order valence-electron chi connectivity index (χ0n) is 14.3. The standard InChI is InChI=1S/C20H16F2N4O/c21-15-8-7-14(10-16(15)22)25-20(27)17-11-24-19(12-23-17)26-9-3-5-13-4-1-2-6-18(13)26/h1-2,4,6-8,10-12H,3,5,9H2,(H,25,27). The molecule has 136 valence electrons. The number of halogens is 2. The first kappa shape index (κ1) is 17.1. The third kappa shape index (κ3) is 3.48. The van der Waals surface area contributed by atoms with E-state index in [0.717, 1.165) is 37.2 Å². The van der Waals surface area contributed by atoms with Gasteiger partial charge in [-0.2, -0.15) is 0 Å². The summed E-state index contributed by atoms with van der Waals surface area (Å²) >= 11 is 0. The first-order chi connectivity index (χ1) is 13.1. The molecule has 2 heterocycles. The summed E-state index contributed by atoms with van der Waals surface area (Å²) in [6, 6.07) is 11.3. The lowest BCUT2D eigenvalue weighted by Gasteiger charge is -2.30. The number of hydrogen-bond acceptors (Lipinski definition) is 4. The molecule has 0 radical (unpaired) electrons. The van der Waals surface area contributed by atoms with Crippen molar-refractivity contribution in [3.63, 3.8) is 0 Å². The third-order valence-electron chi connectivity index (χ3n) is 4.44. The maximum absolute atomic E-state index is 13.3. The van der Waals surface area contributed by atoms with Gasteiger partial charge in [-0.15, -0.1) is 0 Å². The lowest BCUT2D eigenvalue weighted by Crippen LogP contribution is -2.25. The quantitative estimate of drug-likeness (QED) is 0.758. The Morgan fingerprint density at radius 1 is 1.04 bits per heavy atom. The van der Waals surface area contributed by atoms with Crippen LogP contribution in [0.15, 0.2) is 54.9 Å². The summed E-state index contributed by atoms with van der Waals surface area (Å²) in [7, 11) is 0. The van der Waals surface area contributed by atoms with E-state index in [9.17, 15) is 13.6 Å². The number of para-hydroxylation sites is 1. The molecular weight excluding hydrogens is 350 g/mol. The fourth-order valence-corrected chi connectivity index (χ4v) is 3.12. The zero-order valence-corrected chi connectivity index (χ0v) is 14.3. The molecule has 0 fully saturated rings. The van der Waals surface area contributed by atoms with Crippen LogP contribution in [0.5, 0.6) is 0 Å². The maximum atomic E-state index is 13.3. The molecule has 0 spiro atoms. The van der Waals surface area contributed by atoms with E-state index in [1.807, 2.05) is 18.2 Å². The Balaban J connectivity index is 1.52. The van der Waals surface area contributed by atoms with Gasteiger partial charge < -0.3 is 10.2 Å². The fraction of sp³-hybridized carbons (Fsp3) is 0.150. The summed E-state index contributed by atoms with van der Waals surface area (Å²) in [6.07, 6.45) is 4.95. The molecular formula is C20H16F2N4O. The predicted molar refractivity (Wildman–Crippen MR) is 98.1 cm³/mol. The highest BCUT2D eigenvalue weighted by molar-refractivity contribution is 6.02. The Morgan fingerprint density at radius 3 is 2.67 bits per heavy atom. The Kier molecular flexibility index (Phi) is 4.50. The number of nitrogens with zero attached hydrogens (tertiary/aromatic N) is 3. The summed E-state index contributed by atoms with van der Waals surface area (Å²) in [6.45, 7) is 0.825. The van der Waals surface area contributed by atoms with Gasteiger partial charge >= 0.3 is 0 Å². The number of aryl methyl sites for hydroxylation is 1. The summed E-state index contributed by atoms with van der Waals surface area (Å²) in [5, 5.41) is 2.48. The van der Waals surface area contributed by atoms with Crippen molar-refractivity contribution in [2.45, 2.75) is 12.8 Å². The molecule has 7 heteroatoms. The van der Waals surface area contributed by atoms with Crippen molar-refractivity contribution in [2.24, 2.45) is 0 Å². The van der Waals surface area contributed by atoms with Gasteiger partial charge in [-0.3, -0.25) is 4.79 Å². The van der Waals surface area contributed by atoms with Gasteiger partial charge in [-0.25, -0.2) is 18.7 Å². The van der Waals surface area contributed by atoms with E-state index in [2.05, 4.69) is 26.3 Å². The highest BCUT2D eigenvalue weighted by atomic mass is 19.2. The van der Waals surface area contributed by atoms with E-state index in [4.69, 9.17) is 0 Å². The summed E-state index contributed by atoms with van der Waals surface area (Å²) in [5.74, 6) is -1.89. The van der Waals surface area contributed by atoms with Gasteiger partial charge in [0.2, 0.25) is 0 Å². The minimum absolute atomic E-state index is 0.0915. The molecule has 27 heavy (non-hydrogen) atoms. The van der Waals surface area contributed by atoms with Gasteiger partial charge in [-0.05, 0) is 36.6 Å². The molecule has 0 aliphatic carbocycles. The lowest BCUT2D eigenvalue weighted by atomic mass is 10.0. The van der Waals surface area contributed by atoms with Gasteiger partial charge in [0.25, 0.3) is 5.91 Å². The Morgan fingerprint density at radius 2 is 1.89 bits per heavy atom. The molecule has 0 atom stereocenters. The first-order valence-corrected chi connectivity index (χ1v) is 8.56. The molecule has 1 N–H and O–H groups in total. The van der Waals surface area contributed by atoms with Crippen LogP contribution in [0.1, 0.15) is 22.5 Å². The molecule has 1 amide bonds. The van der Waals surface area contributed by atoms with Crippen LogP contribution in [0.2, 0.25) is 0 Å². The summed E-state index contributed by atoms with van der Waals surface area (Å²) < 4.78 is 26.2. The van der Waals surface area contributed by atoms with Crippen LogP contribution in [-0.2, 0) is 6.42 Å². The summed E-state index contributed by atoms with van der Waals surface area (Å²) in [5.41, 5.74) is 2.59. The summed E-state index contributed by atoms with van der Waals surface area (Å²) in [4.78, 5) is 22.9. The monoisotopic (exact) mass is 366 g/mol. The maximum Gasteiger partial charge on any atom is 0.275 e. The Labute approximate surface area is 154 Å². The van der Waals surface area contributed by atoms with Crippen molar-refractivity contribution >= 4 is 23.1 Å². The van der Waals surface area contributed by atoms with E-state index in [0.29, 0.717) is 5.82 Å². The molecule has 3 aromatic rings. The first-order valence-electron chi connectivity index (χ1n) is 8.56. The predicted octanol–water partition coefficient (Wildman–Crippen LogP) is 4.09. The number of rotatable bonds is 3. The fourth-order valence-electron chi connectivity index (χ4n) is 3.12. The number of nitrogens with one attached hydrogen (secondary N) is 1. The Bertz CT molecular complexity index is 992. The van der Waals surface area contributed by atoms with Crippen molar-refractivity contribution in [1.82, 2.24) is 9.97 Å². The van der Waals surface area contributed by atoms with Crippen molar-refractivity contribution in [3.05, 3.63) is 77.8 Å². The molecule has 2 aromatic carbocycles. The molecule has 5 nitrogen and oxygen atoms in total. The number of carbonyl (C=O) groups excluding carboxylic acids is 1. The van der Waals surface area contributed by atoms with E-state index < -0.39 is 17.5 Å². The van der Waals surface area contributed by atoms with Crippen LogP contribution in [0, 0.1) is 11.6 Å². The SMILES string of the molecule is O=C(Nc1ccc(F)c(F)c1)c1cnc(N2CCCc3ccccc32)cn1. The van der Waals surface area contributed by atoms with Crippen LogP contribution in [0.3, 0.4) is 0 Å². The van der Waals surface area contributed by atoms with Gasteiger partial charge in [0, 0.05) is 24.0 Å². The molecule has 0 unspecified atom stereocenters. The minimum Gasteiger partial charge on any atom is -0.325 e. The zero-order chi connectivity index (χ0) is 18.8. The van der Waals surface area contributed by atoms with Gasteiger partial charge in [-0.1, -0.05) is 18.2 Å². The van der Waals surface area contributed by atoms with Gasteiger partial charge in [0.15, 0.2) is 17.5 Å². The molecule has 1 aliphatic heterocycles. The van der Waals surface area contributed by atoms with Gasteiger partial charge in [0.1, 0.15) is 5.69 Å². The number of benzene rings is 2. The lowest BCUT2D eigenvalue weighted by molar-refractivity contribution is 0.102. The van der Waals surface area contributed by atoms with Crippen molar-refractivity contribution in [3.8, 4) is 0 Å². The average Bonchev–Trinajstić information content (AvgIpc) is 2.70. The highest BCUT2D eigenvalue weighted by Gasteiger charge is 2.19. The second-order valence-electron chi connectivity index (χ2n) is 6.23. The number of anilines is 3. The molecule has 0 bridgehead atoms. The Hall–Kier alpha value is -3.35. The minimum atomic E-state index is -1.03. The molecule has 4 rings (SSSR count). The second kappa shape index (κ2) is 7.11. The number of fused-ring (bicyclic) bond motifs is 1. The van der Waals surface area contributed by atoms with Crippen LogP contribution >= 0.6 is 0 Å². The van der Waals surface area contributed by atoms with Crippen LogP contribution < -0.4 is 10.2 Å². The number of amides is 1. The molecule has 1 aromatic heterocycles. The topological polar surface area (TPSA) is 58.1 Å². The number of aromatic nitrogens is 2. The van der Waals surface area contributed by atoms with E-state index in [1.165, 1.54) is 17.8 Å². The normalized spacial score (nSPS) is 13.2. The third-order valence-corrected chi connectivity index (χ3v) is 4.44. The van der Waals surface area contributed by atoms with E-state index >= 15 is 0 Å². The van der Waals surface area contributed by atoms with Crippen molar-refractivity contribution < 1.29 is 13.6 Å². The van der Waals surface area contributed by atoms with Crippen molar-refractivity contribution in [2.75, 3.05) is 16.8 Å². The van der Waals surface area contributed by atoms with Crippen LogP contribution in [0.4, 0.5) is 26.0 Å². The van der Waals surface area contributed by atoms with E-state index in [-0.39, 0.29) is 11.4 Å². The molecule has 0 saturated carbocycles. The average molecular weight is 366 g/mol. The number of carbonyl (C=O) groups is 1. The van der Waals surface area contributed by atoms with Crippen molar-refractivity contribution in [1.29, 1.82) is 0 Å². The largest absolute Gasteiger partial charge is 0.325 e. The van der Waals surface area contributed by atoms with Crippen LogP contribution in [-0.4, -0.2) is 22.4 Å². The second-order valence-corrected chi connectivity index (χ2v) is 6.23. The number of hydrogen-bond donors (Lipinski definition) is 1. The highest BCUT2D eigenvalue weighted by Crippen LogP contribution is 2.31.